The molecule has 2 aromatic carbocycles. The molecule has 4 rings (SSSR count). The molecular weight excluding hydrogens is 474 g/mol. The molecule has 0 unspecified atom stereocenters. The molecule has 0 aromatic heterocycles. The van der Waals surface area contributed by atoms with Gasteiger partial charge in [0.25, 0.3) is 0 Å². The maximum Gasteiger partial charge on any atom is 0.416 e. The molecule has 1 heterocycles. The number of carbonyl (C=O) groups is 1. The zero-order valence-electron chi connectivity index (χ0n) is 19.3. The Morgan fingerprint density at radius 2 is 1.60 bits per heavy atom. The monoisotopic (exact) mass is 500 g/mol. The number of amides is 1. The summed E-state index contributed by atoms with van der Waals surface area (Å²) in [6, 6.07) is 4.92. The number of anilines is 1. The minimum Gasteiger partial charge on any atom is -0.449 e. The number of benzene rings is 2. The average molecular weight is 500 g/mol. The quantitative estimate of drug-likeness (QED) is 0.470. The van der Waals surface area contributed by atoms with Crippen molar-refractivity contribution < 1.29 is 35.9 Å². The van der Waals surface area contributed by atoms with Gasteiger partial charge >= 0.3 is 18.4 Å². The fourth-order valence-corrected chi connectivity index (χ4v) is 4.96. The molecule has 1 N–H and O–H groups in total. The summed E-state index contributed by atoms with van der Waals surface area (Å²) in [4.78, 5) is 14.3. The predicted octanol–water partition coefficient (Wildman–Crippen LogP) is 6.80. The lowest BCUT2D eigenvalue weighted by Gasteiger charge is -2.39. The van der Waals surface area contributed by atoms with E-state index >= 15 is 0 Å². The van der Waals surface area contributed by atoms with Gasteiger partial charge in [0.15, 0.2) is 0 Å². The summed E-state index contributed by atoms with van der Waals surface area (Å²) in [5.41, 5.74) is 0.946. The van der Waals surface area contributed by atoms with Crippen LogP contribution in [0.4, 0.5) is 36.8 Å². The van der Waals surface area contributed by atoms with Gasteiger partial charge in [0.1, 0.15) is 0 Å². The summed E-state index contributed by atoms with van der Waals surface area (Å²) >= 11 is 0. The van der Waals surface area contributed by atoms with Crippen LogP contribution in [0, 0.1) is 0 Å². The van der Waals surface area contributed by atoms with Crippen LogP contribution in [0.25, 0.3) is 0 Å². The van der Waals surface area contributed by atoms with Gasteiger partial charge in [-0.3, -0.25) is 4.90 Å². The normalized spacial score (nSPS) is 19.9. The van der Waals surface area contributed by atoms with Crippen molar-refractivity contribution in [1.82, 2.24) is 5.32 Å². The number of ether oxygens (including phenoxy) is 1. The number of hydrogen-bond donors (Lipinski definition) is 1. The van der Waals surface area contributed by atoms with Crippen LogP contribution in [-0.2, 0) is 36.5 Å². The molecule has 0 saturated heterocycles. The van der Waals surface area contributed by atoms with Crippen LogP contribution in [0.15, 0.2) is 30.3 Å². The molecule has 0 radical (unpaired) electrons. The van der Waals surface area contributed by atoms with Crippen molar-refractivity contribution in [3.8, 4) is 0 Å². The van der Waals surface area contributed by atoms with Crippen molar-refractivity contribution in [2.24, 2.45) is 0 Å². The van der Waals surface area contributed by atoms with E-state index in [1.165, 1.54) is 0 Å². The Labute approximate surface area is 199 Å². The number of fused-ring (bicyclic) bond motifs is 2. The minimum atomic E-state index is -4.90. The van der Waals surface area contributed by atoms with Crippen molar-refractivity contribution in [1.29, 1.82) is 0 Å². The van der Waals surface area contributed by atoms with Crippen LogP contribution >= 0.6 is 0 Å². The molecule has 0 saturated carbocycles. The molecule has 1 amide bonds. The lowest BCUT2D eigenvalue weighted by molar-refractivity contribution is -0.143. The second-order valence-electron chi connectivity index (χ2n) is 9.03. The average Bonchev–Trinajstić information content (AvgIpc) is 3.22. The predicted molar refractivity (Wildman–Crippen MR) is 118 cm³/mol. The lowest BCUT2D eigenvalue weighted by atomic mass is 9.89. The highest BCUT2D eigenvalue weighted by Crippen LogP contribution is 2.42. The third-order valence-corrected chi connectivity index (χ3v) is 6.56. The van der Waals surface area contributed by atoms with Gasteiger partial charge in [0.05, 0.1) is 23.4 Å². The number of carbonyl (C=O) groups excluding carboxylic acids is 1. The number of nitrogens with zero attached hydrogens (tertiary/aromatic N) is 1. The van der Waals surface area contributed by atoms with E-state index in [4.69, 9.17) is 4.74 Å². The Bertz CT molecular complexity index is 1080. The Kier molecular flexibility index (Phi) is 6.78. The van der Waals surface area contributed by atoms with E-state index in [-0.39, 0.29) is 36.9 Å². The van der Waals surface area contributed by atoms with E-state index in [0.29, 0.717) is 12.1 Å². The Morgan fingerprint density at radius 1 is 1.00 bits per heavy atom. The van der Waals surface area contributed by atoms with Gasteiger partial charge in [0, 0.05) is 18.6 Å². The van der Waals surface area contributed by atoms with E-state index in [1.807, 2.05) is 19.1 Å². The molecule has 2 aromatic rings. The van der Waals surface area contributed by atoms with Gasteiger partial charge in [-0.05, 0) is 86.1 Å². The number of halogens is 6. The molecule has 2 atom stereocenters. The molecule has 0 bridgehead atoms. The molecule has 1 aliphatic heterocycles. The topological polar surface area (TPSA) is 41.6 Å². The minimum absolute atomic E-state index is 0.115. The van der Waals surface area contributed by atoms with Crippen LogP contribution in [0.2, 0.25) is 0 Å². The highest BCUT2D eigenvalue weighted by atomic mass is 19.4. The third-order valence-electron chi connectivity index (χ3n) is 6.56. The van der Waals surface area contributed by atoms with Crippen molar-refractivity contribution in [3.05, 3.63) is 63.7 Å². The molecule has 0 spiro atoms. The van der Waals surface area contributed by atoms with Gasteiger partial charge in [-0.15, -0.1) is 0 Å². The summed E-state index contributed by atoms with van der Waals surface area (Å²) in [7, 11) is 0. The SMILES string of the molecule is CCOC(=O)N1c2cc3c(cc2[C@H](NCc2cc(C(F)(F)F)cc(C(F)(F)F)c2)C[C@@H]1C)CCC3. The largest absolute Gasteiger partial charge is 0.449 e. The zero-order chi connectivity index (χ0) is 25.5. The second kappa shape index (κ2) is 9.37. The molecule has 35 heavy (non-hydrogen) atoms. The van der Waals surface area contributed by atoms with Crippen molar-refractivity contribution >= 4 is 11.8 Å². The Morgan fingerprint density at radius 3 is 2.17 bits per heavy atom. The first-order chi connectivity index (χ1) is 16.4. The molecule has 1 aliphatic carbocycles. The summed E-state index contributed by atoms with van der Waals surface area (Å²) in [5, 5.41) is 3.15. The van der Waals surface area contributed by atoms with Crippen LogP contribution in [0.1, 0.15) is 66.1 Å². The Hall–Kier alpha value is -2.75. The number of rotatable bonds is 4. The molecule has 190 valence electrons. The van der Waals surface area contributed by atoms with E-state index in [2.05, 4.69) is 5.32 Å². The van der Waals surface area contributed by atoms with E-state index in [9.17, 15) is 31.1 Å². The van der Waals surface area contributed by atoms with Gasteiger partial charge in [0.2, 0.25) is 0 Å². The fourth-order valence-electron chi connectivity index (χ4n) is 4.96. The van der Waals surface area contributed by atoms with Gasteiger partial charge in [-0.25, -0.2) is 4.79 Å². The van der Waals surface area contributed by atoms with E-state index in [1.54, 1.807) is 11.8 Å². The van der Waals surface area contributed by atoms with Crippen molar-refractivity contribution in [3.63, 3.8) is 0 Å². The highest BCUT2D eigenvalue weighted by molar-refractivity contribution is 5.90. The standard InChI is InChI=1S/C25H26F6N2O2/c1-3-35-23(34)33-14(2)7-21(20-10-16-5-4-6-17(16)11-22(20)33)32-13-15-8-18(24(26,27)28)12-19(9-15)25(29,30)31/h8-12,14,21,32H,3-7,13H2,1-2H3/t14-,21+/m0/s1. The molecule has 2 aliphatic rings. The van der Waals surface area contributed by atoms with Crippen LogP contribution < -0.4 is 10.2 Å². The van der Waals surface area contributed by atoms with Crippen LogP contribution in [-0.4, -0.2) is 18.7 Å². The fraction of sp³-hybridized carbons (Fsp3) is 0.480. The van der Waals surface area contributed by atoms with Crippen LogP contribution in [0.5, 0.6) is 0 Å². The Balaban J connectivity index is 1.67. The summed E-state index contributed by atoms with van der Waals surface area (Å²) in [6.07, 6.45) is -7.11. The summed E-state index contributed by atoms with van der Waals surface area (Å²) in [5.74, 6) is 0. The first-order valence-corrected chi connectivity index (χ1v) is 11.5. The van der Waals surface area contributed by atoms with Gasteiger partial charge < -0.3 is 10.1 Å². The zero-order valence-corrected chi connectivity index (χ0v) is 19.3. The second-order valence-corrected chi connectivity index (χ2v) is 9.03. The van der Waals surface area contributed by atoms with E-state index < -0.39 is 29.6 Å². The van der Waals surface area contributed by atoms with E-state index in [0.717, 1.165) is 48.1 Å². The maximum absolute atomic E-state index is 13.3. The molecule has 0 fully saturated rings. The lowest BCUT2D eigenvalue weighted by Crippen LogP contribution is -2.45. The van der Waals surface area contributed by atoms with Crippen LogP contribution in [0.3, 0.4) is 0 Å². The summed E-state index contributed by atoms with van der Waals surface area (Å²) < 4.78 is 84.7. The maximum atomic E-state index is 13.3. The van der Waals surface area contributed by atoms with Gasteiger partial charge in [-0.1, -0.05) is 6.07 Å². The first kappa shape index (κ1) is 25.3. The first-order valence-electron chi connectivity index (χ1n) is 11.5. The van der Waals surface area contributed by atoms with Crippen molar-refractivity contribution in [2.45, 2.75) is 70.5 Å². The number of alkyl halides is 6. The molecule has 4 nitrogen and oxygen atoms in total. The summed E-state index contributed by atoms with van der Waals surface area (Å²) in [6.45, 7) is 3.57. The van der Waals surface area contributed by atoms with Gasteiger partial charge in [-0.2, -0.15) is 26.3 Å². The number of hydrogen-bond acceptors (Lipinski definition) is 3. The smallest absolute Gasteiger partial charge is 0.416 e. The molecule has 10 heteroatoms. The highest BCUT2D eigenvalue weighted by Gasteiger charge is 2.38. The number of nitrogens with one attached hydrogen (secondary N) is 1. The molecular formula is C25H26F6N2O2. The third kappa shape index (κ3) is 5.27. The number of aryl methyl sites for hydroxylation is 2. The van der Waals surface area contributed by atoms with Crippen molar-refractivity contribution in [2.75, 3.05) is 11.5 Å².